The van der Waals surface area contributed by atoms with Crippen LogP contribution < -0.4 is 0 Å². The molecule has 138 valence electrons. The van der Waals surface area contributed by atoms with E-state index in [1.165, 1.54) is 5.56 Å². The lowest BCUT2D eigenvalue weighted by molar-refractivity contribution is 0.0337. The van der Waals surface area contributed by atoms with Crippen LogP contribution in [0, 0.1) is 20.8 Å². The maximum Gasteiger partial charge on any atom is 0.339 e. The van der Waals surface area contributed by atoms with Crippen LogP contribution in [-0.2, 0) is 4.74 Å². The summed E-state index contributed by atoms with van der Waals surface area (Å²) in [5, 5.41) is 0. The summed E-state index contributed by atoms with van der Waals surface area (Å²) in [6.07, 6.45) is 1.51. The van der Waals surface area contributed by atoms with Crippen molar-refractivity contribution in [1.29, 1.82) is 0 Å². The summed E-state index contributed by atoms with van der Waals surface area (Å²) >= 11 is 0. The van der Waals surface area contributed by atoms with Crippen LogP contribution in [-0.4, -0.2) is 30.8 Å². The molecular weight excluding hydrogens is 324 g/mol. The molecule has 1 atom stereocenters. The number of hydrogen-bond acceptors (Lipinski definition) is 3. The Hall–Kier alpha value is -2.62. The average Bonchev–Trinajstić information content (AvgIpc) is 2.62. The summed E-state index contributed by atoms with van der Waals surface area (Å²) in [7, 11) is 1.98. The van der Waals surface area contributed by atoms with Crippen molar-refractivity contribution in [2.45, 2.75) is 40.7 Å². The largest absolute Gasteiger partial charge is 0.454 e. The molecule has 0 spiro atoms. The van der Waals surface area contributed by atoms with Crippen LogP contribution in [0.1, 0.15) is 52.6 Å². The third-order valence-corrected chi connectivity index (χ3v) is 4.49. The fourth-order valence-electron chi connectivity index (χ4n) is 2.53. The van der Waals surface area contributed by atoms with Crippen LogP contribution in [0.4, 0.5) is 5.69 Å². The summed E-state index contributed by atoms with van der Waals surface area (Å²) in [6, 6.07) is 11.8. The maximum atomic E-state index is 12.6. The van der Waals surface area contributed by atoms with E-state index in [0.29, 0.717) is 5.56 Å². The Balaban J connectivity index is 2.17. The molecule has 2 aromatic carbocycles. The molecule has 2 aromatic rings. The lowest BCUT2D eigenvalue weighted by Gasteiger charge is -2.16. The van der Waals surface area contributed by atoms with Crippen LogP contribution in [0.3, 0.4) is 0 Å². The van der Waals surface area contributed by atoms with Crippen molar-refractivity contribution >= 4 is 18.0 Å². The van der Waals surface area contributed by atoms with Crippen molar-refractivity contribution < 1.29 is 9.53 Å². The Kier molecular flexibility index (Phi) is 6.56. The van der Waals surface area contributed by atoms with Gasteiger partial charge in [-0.2, -0.15) is 0 Å². The second-order valence-corrected chi connectivity index (χ2v) is 6.73. The van der Waals surface area contributed by atoms with Gasteiger partial charge in [-0.15, -0.1) is 0 Å². The number of carbonyl (C=O) groups is 1. The van der Waals surface area contributed by atoms with Gasteiger partial charge < -0.3 is 9.64 Å². The molecule has 4 nitrogen and oxygen atoms in total. The van der Waals surface area contributed by atoms with Crippen molar-refractivity contribution in [3.05, 3.63) is 64.2 Å². The number of aryl methyl sites for hydroxylation is 3. The van der Waals surface area contributed by atoms with Crippen molar-refractivity contribution in [3.63, 3.8) is 0 Å². The third kappa shape index (κ3) is 4.94. The van der Waals surface area contributed by atoms with E-state index < -0.39 is 0 Å². The highest BCUT2D eigenvalue weighted by atomic mass is 16.5. The van der Waals surface area contributed by atoms with E-state index in [-0.39, 0.29) is 12.1 Å². The average molecular weight is 352 g/mol. The number of ether oxygens (including phenoxy) is 1. The number of hydrogen-bond donors (Lipinski definition) is 0. The van der Waals surface area contributed by atoms with Crippen LogP contribution >= 0.6 is 0 Å². The summed E-state index contributed by atoms with van der Waals surface area (Å²) in [5.74, 6) is -0.306. The Morgan fingerprint density at radius 2 is 1.81 bits per heavy atom. The maximum absolute atomic E-state index is 12.6. The molecule has 0 aliphatic carbocycles. The number of nitrogens with zero attached hydrogens (tertiary/aromatic N) is 2. The molecule has 0 saturated carbocycles. The van der Waals surface area contributed by atoms with Gasteiger partial charge >= 0.3 is 5.97 Å². The van der Waals surface area contributed by atoms with Gasteiger partial charge in [0.1, 0.15) is 6.10 Å². The monoisotopic (exact) mass is 352 g/mol. The first-order valence-electron chi connectivity index (χ1n) is 8.95. The second-order valence-electron chi connectivity index (χ2n) is 6.73. The smallest absolute Gasteiger partial charge is 0.339 e. The predicted molar refractivity (Wildman–Crippen MR) is 107 cm³/mol. The summed E-state index contributed by atoms with van der Waals surface area (Å²) in [6.45, 7) is 10.8. The lowest BCUT2D eigenvalue weighted by atomic mass is 10.0. The highest BCUT2D eigenvalue weighted by Gasteiger charge is 2.17. The Labute approximate surface area is 156 Å². The molecular formula is C22H28N2O2. The fraction of sp³-hybridized carbons (Fsp3) is 0.364. The van der Waals surface area contributed by atoms with Crippen LogP contribution in [0.5, 0.6) is 0 Å². The first kappa shape index (κ1) is 19.7. The van der Waals surface area contributed by atoms with Crippen LogP contribution in [0.2, 0.25) is 0 Å². The normalized spacial score (nSPS) is 12.2. The van der Waals surface area contributed by atoms with Crippen LogP contribution in [0.15, 0.2) is 41.4 Å². The molecule has 0 saturated heterocycles. The highest BCUT2D eigenvalue weighted by molar-refractivity contribution is 5.92. The fourth-order valence-corrected chi connectivity index (χ4v) is 2.53. The van der Waals surface area contributed by atoms with E-state index in [2.05, 4.69) is 11.9 Å². The topological polar surface area (TPSA) is 41.9 Å². The SMILES string of the molecule is CCN(C)/C=N/c1cc(C)c(C(=O)O[C@@H](C)c2ccc(C)cc2)cc1C. The van der Waals surface area contributed by atoms with Gasteiger partial charge in [-0.3, -0.25) is 0 Å². The van der Waals surface area contributed by atoms with Gasteiger partial charge in [-0.1, -0.05) is 29.8 Å². The van der Waals surface area contributed by atoms with Crippen molar-refractivity contribution in [3.8, 4) is 0 Å². The van der Waals surface area contributed by atoms with E-state index in [4.69, 9.17) is 4.74 Å². The molecule has 4 heteroatoms. The lowest BCUT2D eigenvalue weighted by Crippen LogP contribution is -2.14. The third-order valence-electron chi connectivity index (χ3n) is 4.49. The van der Waals surface area contributed by atoms with Gasteiger partial charge in [0.2, 0.25) is 0 Å². The molecule has 0 N–H and O–H groups in total. The van der Waals surface area contributed by atoms with Gasteiger partial charge in [-0.05, 0) is 63.4 Å². The number of rotatable bonds is 6. The van der Waals surface area contributed by atoms with Crippen LogP contribution in [0.25, 0.3) is 0 Å². The summed E-state index contributed by atoms with van der Waals surface area (Å²) in [4.78, 5) is 19.1. The minimum Gasteiger partial charge on any atom is -0.454 e. The molecule has 0 fully saturated rings. The van der Waals surface area contributed by atoms with E-state index in [1.807, 2.05) is 76.0 Å². The zero-order valence-corrected chi connectivity index (χ0v) is 16.5. The number of benzene rings is 2. The molecule has 0 bridgehead atoms. The first-order chi connectivity index (χ1) is 12.3. The molecule has 0 aromatic heterocycles. The van der Waals surface area contributed by atoms with E-state index in [1.54, 1.807) is 6.34 Å². The standard InChI is InChI=1S/C22H28N2O2/c1-7-24(6)14-23-21-13-16(3)20(12-17(21)4)22(25)26-18(5)19-10-8-15(2)9-11-19/h8-14,18H,7H2,1-6H3/b23-14+/t18-/m0/s1. The predicted octanol–water partition coefficient (Wildman–Crippen LogP) is 5.14. The molecule has 0 radical (unpaired) electrons. The van der Waals surface area contributed by atoms with Crippen molar-refractivity contribution in [1.82, 2.24) is 4.90 Å². The molecule has 0 aliphatic rings. The molecule has 2 rings (SSSR count). The van der Waals surface area contributed by atoms with Gasteiger partial charge in [0, 0.05) is 13.6 Å². The number of esters is 1. The molecule has 0 unspecified atom stereocenters. The zero-order chi connectivity index (χ0) is 19.3. The van der Waals surface area contributed by atoms with Crippen molar-refractivity contribution in [2.24, 2.45) is 4.99 Å². The Morgan fingerprint density at radius 3 is 2.42 bits per heavy atom. The Bertz CT molecular complexity index is 795. The highest BCUT2D eigenvalue weighted by Crippen LogP contribution is 2.26. The quantitative estimate of drug-likeness (QED) is 0.410. The minimum absolute atomic E-state index is 0.293. The van der Waals surface area contributed by atoms with Crippen molar-refractivity contribution in [2.75, 3.05) is 13.6 Å². The van der Waals surface area contributed by atoms with E-state index >= 15 is 0 Å². The van der Waals surface area contributed by atoms with E-state index in [9.17, 15) is 4.79 Å². The van der Waals surface area contributed by atoms with E-state index in [0.717, 1.165) is 28.9 Å². The molecule has 0 aliphatic heterocycles. The van der Waals surface area contributed by atoms with Gasteiger partial charge in [-0.25, -0.2) is 9.79 Å². The first-order valence-corrected chi connectivity index (χ1v) is 8.95. The van der Waals surface area contributed by atoms with Gasteiger partial charge in [0.15, 0.2) is 0 Å². The number of carbonyl (C=O) groups excluding carboxylic acids is 1. The number of aliphatic imine (C=N–C) groups is 1. The summed E-state index contributed by atoms with van der Waals surface area (Å²) in [5.41, 5.74) is 5.44. The Morgan fingerprint density at radius 1 is 1.15 bits per heavy atom. The second kappa shape index (κ2) is 8.65. The molecule has 26 heavy (non-hydrogen) atoms. The van der Waals surface area contributed by atoms with Gasteiger partial charge in [0.25, 0.3) is 0 Å². The summed E-state index contributed by atoms with van der Waals surface area (Å²) < 4.78 is 5.67. The minimum atomic E-state index is -0.306. The van der Waals surface area contributed by atoms with Gasteiger partial charge in [0.05, 0.1) is 17.6 Å². The zero-order valence-electron chi connectivity index (χ0n) is 16.5. The molecule has 0 amide bonds. The molecule has 0 heterocycles.